The maximum absolute atomic E-state index is 12.2. The smallest absolute Gasteiger partial charge is 0.264 e. The van der Waals surface area contributed by atoms with Gasteiger partial charge in [-0.25, -0.2) is 4.99 Å². The lowest BCUT2D eigenvalue weighted by molar-refractivity contribution is -0.115. The molecule has 0 atom stereocenters. The first kappa shape index (κ1) is 17.6. The van der Waals surface area contributed by atoms with Crippen molar-refractivity contribution in [3.8, 4) is 5.75 Å². The highest BCUT2D eigenvalue weighted by molar-refractivity contribution is 8.18. The van der Waals surface area contributed by atoms with Gasteiger partial charge in [0.1, 0.15) is 5.75 Å². The third-order valence-corrected chi connectivity index (χ3v) is 4.52. The summed E-state index contributed by atoms with van der Waals surface area (Å²) in [6.07, 6.45) is 1.87. The maximum Gasteiger partial charge on any atom is 0.264 e. The highest BCUT2D eigenvalue weighted by atomic mass is 35.5. The van der Waals surface area contributed by atoms with E-state index in [4.69, 9.17) is 16.3 Å². The molecule has 0 spiro atoms. The molecule has 1 saturated heterocycles. The summed E-state index contributed by atoms with van der Waals surface area (Å²) in [5, 5.41) is 3.81. The zero-order valence-electron chi connectivity index (χ0n) is 13.8. The summed E-state index contributed by atoms with van der Waals surface area (Å²) in [5.41, 5.74) is 1.48. The Morgan fingerprint density at radius 3 is 2.64 bits per heavy atom. The maximum atomic E-state index is 12.2. The van der Waals surface area contributed by atoms with Crippen molar-refractivity contribution in [3.05, 3.63) is 64.0 Å². The van der Waals surface area contributed by atoms with Gasteiger partial charge in [-0.05, 0) is 49.9 Å². The van der Waals surface area contributed by atoms with Gasteiger partial charge < -0.3 is 10.1 Å². The molecule has 1 heterocycles. The molecular weight excluding hydrogens is 356 g/mol. The van der Waals surface area contributed by atoms with Gasteiger partial charge >= 0.3 is 0 Å². The molecule has 1 aliphatic heterocycles. The summed E-state index contributed by atoms with van der Waals surface area (Å²) in [5.74, 6) is 0.560. The lowest BCUT2D eigenvalue weighted by Crippen LogP contribution is -2.19. The Morgan fingerprint density at radius 1 is 1.16 bits per heavy atom. The first-order valence-corrected chi connectivity index (χ1v) is 9.02. The number of thioether (sulfide) groups is 1. The van der Waals surface area contributed by atoms with Crippen LogP contribution in [0.5, 0.6) is 5.75 Å². The van der Waals surface area contributed by atoms with Crippen LogP contribution in [-0.4, -0.2) is 17.2 Å². The van der Waals surface area contributed by atoms with Gasteiger partial charge in [0.15, 0.2) is 5.17 Å². The van der Waals surface area contributed by atoms with Crippen molar-refractivity contribution in [2.24, 2.45) is 4.99 Å². The summed E-state index contributed by atoms with van der Waals surface area (Å²) in [4.78, 5) is 17.2. The fraction of sp³-hybridized carbons (Fsp3) is 0.158. The minimum atomic E-state index is -0.185. The van der Waals surface area contributed by atoms with E-state index >= 15 is 0 Å². The Balaban J connectivity index is 1.86. The van der Waals surface area contributed by atoms with Crippen molar-refractivity contribution in [1.29, 1.82) is 0 Å². The molecule has 0 bridgehead atoms. The molecule has 2 aromatic rings. The van der Waals surface area contributed by atoms with Crippen LogP contribution in [0.1, 0.15) is 19.4 Å². The van der Waals surface area contributed by atoms with Crippen LogP contribution in [0, 0.1) is 0 Å². The van der Waals surface area contributed by atoms with E-state index < -0.39 is 0 Å². The molecule has 1 fully saturated rings. The quantitative estimate of drug-likeness (QED) is 0.767. The molecule has 0 unspecified atom stereocenters. The largest absolute Gasteiger partial charge is 0.490 e. The molecule has 1 amide bonds. The highest BCUT2D eigenvalue weighted by Gasteiger charge is 2.24. The van der Waals surface area contributed by atoms with Crippen molar-refractivity contribution in [2.45, 2.75) is 20.0 Å². The summed E-state index contributed by atoms with van der Waals surface area (Å²) in [7, 11) is 0. The molecule has 4 nitrogen and oxygen atoms in total. The number of benzene rings is 2. The molecule has 128 valence electrons. The zero-order chi connectivity index (χ0) is 17.8. The third-order valence-electron chi connectivity index (χ3n) is 3.29. The molecule has 0 radical (unpaired) electrons. The van der Waals surface area contributed by atoms with E-state index in [1.165, 1.54) is 11.8 Å². The molecule has 1 aliphatic rings. The van der Waals surface area contributed by atoms with Gasteiger partial charge in [0.25, 0.3) is 5.91 Å². The SMILES string of the molecule is CC(C)Oc1ccccc1/C=C1\SC(=Nc2ccccc2Cl)NC1=O. The van der Waals surface area contributed by atoms with Crippen molar-refractivity contribution < 1.29 is 9.53 Å². The van der Waals surface area contributed by atoms with Crippen LogP contribution in [0.25, 0.3) is 6.08 Å². The second kappa shape index (κ2) is 7.76. The number of aliphatic imine (C=N–C) groups is 1. The number of halogens is 1. The van der Waals surface area contributed by atoms with E-state index in [2.05, 4.69) is 10.3 Å². The van der Waals surface area contributed by atoms with Crippen molar-refractivity contribution in [1.82, 2.24) is 5.32 Å². The number of para-hydroxylation sites is 2. The van der Waals surface area contributed by atoms with Crippen LogP contribution in [0.3, 0.4) is 0 Å². The van der Waals surface area contributed by atoms with Crippen LogP contribution < -0.4 is 10.1 Å². The molecule has 2 aromatic carbocycles. The van der Waals surface area contributed by atoms with E-state index in [-0.39, 0.29) is 12.0 Å². The van der Waals surface area contributed by atoms with Crippen molar-refractivity contribution in [3.63, 3.8) is 0 Å². The van der Waals surface area contributed by atoms with Crippen LogP contribution in [0.15, 0.2) is 58.4 Å². The van der Waals surface area contributed by atoms with Crippen molar-refractivity contribution >= 4 is 46.2 Å². The third kappa shape index (κ3) is 4.44. The second-order valence-corrected chi connectivity index (χ2v) is 7.08. The van der Waals surface area contributed by atoms with E-state index in [9.17, 15) is 4.79 Å². The summed E-state index contributed by atoms with van der Waals surface area (Å²) in [6, 6.07) is 14.9. The van der Waals surface area contributed by atoms with Gasteiger partial charge in [-0.2, -0.15) is 0 Å². The van der Waals surface area contributed by atoms with Crippen LogP contribution in [0.4, 0.5) is 5.69 Å². The number of rotatable bonds is 4. The second-order valence-electron chi connectivity index (χ2n) is 5.64. The molecule has 0 aromatic heterocycles. The monoisotopic (exact) mass is 372 g/mol. The summed E-state index contributed by atoms with van der Waals surface area (Å²) < 4.78 is 5.80. The normalized spacial score (nSPS) is 17.4. The molecule has 25 heavy (non-hydrogen) atoms. The number of ether oxygens (including phenoxy) is 1. The number of hydrogen-bond acceptors (Lipinski definition) is 4. The summed E-state index contributed by atoms with van der Waals surface area (Å²) in [6.45, 7) is 3.94. The van der Waals surface area contributed by atoms with E-state index in [0.717, 1.165) is 11.3 Å². The molecule has 3 rings (SSSR count). The van der Waals surface area contributed by atoms with E-state index in [1.54, 1.807) is 12.1 Å². The number of hydrogen-bond donors (Lipinski definition) is 1. The zero-order valence-corrected chi connectivity index (χ0v) is 15.4. The number of nitrogens with zero attached hydrogens (tertiary/aromatic N) is 1. The first-order chi connectivity index (χ1) is 12.0. The average molecular weight is 373 g/mol. The molecule has 0 aliphatic carbocycles. The Morgan fingerprint density at radius 2 is 1.88 bits per heavy atom. The predicted molar refractivity (Wildman–Crippen MR) is 104 cm³/mol. The Bertz CT molecular complexity index is 862. The van der Waals surface area contributed by atoms with Gasteiger partial charge in [0.05, 0.1) is 21.7 Å². The standard InChI is InChI=1S/C19H17ClN2O2S/c1-12(2)24-16-10-6-3-7-13(16)11-17-18(23)22-19(25-17)21-15-9-5-4-8-14(15)20/h3-12H,1-2H3,(H,21,22,23)/b17-11-. The topological polar surface area (TPSA) is 50.7 Å². The lowest BCUT2D eigenvalue weighted by Gasteiger charge is -2.12. The lowest BCUT2D eigenvalue weighted by atomic mass is 10.2. The van der Waals surface area contributed by atoms with Gasteiger partial charge in [-0.15, -0.1) is 0 Å². The fourth-order valence-corrected chi connectivity index (χ4v) is 3.24. The van der Waals surface area contributed by atoms with Gasteiger partial charge in [0, 0.05) is 5.56 Å². The van der Waals surface area contributed by atoms with Crippen LogP contribution in [-0.2, 0) is 4.79 Å². The van der Waals surface area contributed by atoms with Gasteiger partial charge in [-0.1, -0.05) is 41.9 Å². The fourth-order valence-electron chi connectivity index (χ4n) is 2.23. The Hall–Kier alpha value is -2.24. The van der Waals surface area contributed by atoms with Crippen LogP contribution in [0.2, 0.25) is 5.02 Å². The minimum absolute atomic E-state index is 0.0574. The average Bonchev–Trinajstić information content (AvgIpc) is 2.90. The Labute approximate surface area is 155 Å². The van der Waals surface area contributed by atoms with E-state index in [0.29, 0.717) is 20.8 Å². The number of carbonyl (C=O) groups excluding carboxylic acids is 1. The highest BCUT2D eigenvalue weighted by Crippen LogP contribution is 2.32. The van der Waals surface area contributed by atoms with E-state index in [1.807, 2.05) is 56.3 Å². The van der Waals surface area contributed by atoms with Crippen LogP contribution >= 0.6 is 23.4 Å². The number of amidine groups is 1. The molecular formula is C19H17ClN2O2S. The Kier molecular flexibility index (Phi) is 5.46. The molecule has 1 N–H and O–H groups in total. The van der Waals surface area contributed by atoms with Gasteiger partial charge in [-0.3, -0.25) is 4.79 Å². The van der Waals surface area contributed by atoms with Crippen molar-refractivity contribution in [2.75, 3.05) is 0 Å². The number of carbonyl (C=O) groups is 1. The number of nitrogens with one attached hydrogen (secondary N) is 1. The van der Waals surface area contributed by atoms with Gasteiger partial charge in [0.2, 0.25) is 0 Å². The first-order valence-electron chi connectivity index (χ1n) is 7.83. The molecule has 0 saturated carbocycles. The summed E-state index contributed by atoms with van der Waals surface area (Å²) >= 11 is 7.40. The minimum Gasteiger partial charge on any atom is -0.490 e. The predicted octanol–water partition coefficient (Wildman–Crippen LogP) is 5.02. The molecule has 6 heteroatoms. The number of amides is 1.